The van der Waals surface area contributed by atoms with Crippen molar-refractivity contribution in [3.8, 4) is 0 Å². The first-order valence-corrected chi connectivity index (χ1v) is 12.2. The van der Waals surface area contributed by atoms with Crippen LogP contribution in [0.2, 0.25) is 5.02 Å². The molecular weight excluding hydrogens is 460 g/mol. The fourth-order valence-electron chi connectivity index (χ4n) is 4.06. The monoisotopic (exact) mass is 484 g/mol. The van der Waals surface area contributed by atoms with E-state index in [0.717, 1.165) is 66.1 Å². The van der Waals surface area contributed by atoms with Gasteiger partial charge in [-0.3, -0.25) is 14.6 Å². The number of thiazole rings is 1. The number of nitrogens with zero attached hydrogens (tertiary/aromatic N) is 6. The van der Waals surface area contributed by atoms with E-state index in [-0.39, 0.29) is 12.5 Å². The Morgan fingerprint density at radius 3 is 2.88 bits per heavy atom. The Labute approximate surface area is 200 Å². The molecular formula is C23H25ClN6O2S. The van der Waals surface area contributed by atoms with E-state index in [0.29, 0.717) is 16.7 Å². The van der Waals surface area contributed by atoms with Crippen LogP contribution >= 0.6 is 22.9 Å². The van der Waals surface area contributed by atoms with Gasteiger partial charge in [0.05, 0.1) is 28.9 Å². The number of benzene rings is 2. The van der Waals surface area contributed by atoms with Crippen molar-refractivity contribution in [2.45, 2.75) is 19.9 Å². The average Bonchev–Trinajstić information content (AvgIpc) is 3.45. The average molecular weight is 485 g/mol. The summed E-state index contributed by atoms with van der Waals surface area (Å²) < 4.78 is 8.11. The van der Waals surface area contributed by atoms with Crippen LogP contribution < -0.4 is 4.90 Å². The fourth-order valence-corrected chi connectivity index (χ4v) is 5.28. The van der Waals surface area contributed by atoms with Gasteiger partial charge in [-0.05, 0) is 43.2 Å². The maximum Gasteiger partial charge on any atom is 0.250 e. The predicted molar refractivity (Wildman–Crippen MR) is 131 cm³/mol. The summed E-state index contributed by atoms with van der Waals surface area (Å²) in [6.07, 6.45) is 0.847. The molecule has 1 aliphatic rings. The van der Waals surface area contributed by atoms with Crippen molar-refractivity contribution in [1.29, 1.82) is 0 Å². The molecule has 33 heavy (non-hydrogen) atoms. The van der Waals surface area contributed by atoms with Crippen LogP contribution in [0.25, 0.3) is 21.3 Å². The molecule has 0 N–H and O–H groups in total. The van der Waals surface area contributed by atoms with Gasteiger partial charge in [-0.2, -0.15) is 0 Å². The highest BCUT2D eigenvalue weighted by Crippen LogP contribution is 2.34. The molecule has 0 radical (unpaired) electrons. The van der Waals surface area contributed by atoms with Gasteiger partial charge in [0.2, 0.25) is 0 Å². The number of rotatable bonds is 7. The van der Waals surface area contributed by atoms with E-state index in [1.165, 1.54) is 11.3 Å². The van der Waals surface area contributed by atoms with E-state index in [4.69, 9.17) is 21.3 Å². The minimum Gasteiger partial charge on any atom is -0.379 e. The highest BCUT2D eigenvalue weighted by atomic mass is 35.5. The molecule has 0 atom stereocenters. The Balaban J connectivity index is 1.40. The molecule has 172 valence electrons. The smallest absolute Gasteiger partial charge is 0.250 e. The predicted octanol–water partition coefficient (Wildman–Crippen LogP) is 3.76. The Morgan fingerprint density at radius 1 is 1.21 bits per heavy atom. The zero-order valence-corrected chi connectivity index (χ0v) is 20.0. The van der Waals surface area contributed by atoms with Crippen LogP contribution in [0, 0.1) is 6.92 Å². The third-order valence-electron chi connectivity index (χ3n) is 5.93. The number of aryl methyl sites for hydroxylation is 1. The van der Waals surface area contributed by atoms with Crippen LogP contribution in [0.3, 0.4) is 0 Å². The van der Waals surface area contributed by atoms with E-state index in [1.54, 1.807) is 9.58 Å². The molecule has 0 spiro atoms. The second-order valence-electron chi connectivity index (χ2n) is 8.10. The molecule has 0 bridgehead atoms. The highest BCUT2D eigenvalue weighted by molar-refractivity contribution is 7.22. The quantitative estimate of drug-likeness (QED) is 0.397. The molecule has 0 saturated carbocycles. The first kappa shape index (κ1) is 22.2. The van der Waals surface area contributed by atoms with E-state index >= 15 is 0 Å². The lowest BCUT2D eigenvalue weighted by Crippen LogP contribution is -2.40. The zero-order valence-electron chi connectivity index (χ0n) is 18.4. The number of hydrogen-bond donors (Lipinski definition) is 0. The van der Waals surface area contributed by atoms with Gasteiger partial charge in [0.15, 0.2) is 5.13 Å². The lowest BCUT2D eigenvalue weighted by atomic mass is 10.2. The molecule has 5 rings (SSSR count). The molecule has 1 amide bonds. The normalized spacial score (nSPS) is 14.8. The second-order valence-corrected chi connectivity index (χ2v) is 9.52. The van der Waals surface area contributed by atoms with Gasteiger partial charge in [0.1, 0.15) is 12.1 Å². The number of ether oxygens (including phenoxy) is 1. The van der Waals surface area contributed by atoms with Gasteiger partial charge in [-0.15, -0.1) is 5.10 Å². The van der Waals surface area contributed by atoms with Crippen molar-refractivity contribution in [3.63, 3.8) is 0 Å². The summed E-state index contributed by atoms with van der Waals surface area (Å²) in [6.45, 7) is 6.94. The number of fused-ring (bicyclic) bond motifs is 2. The number of halogens is 1. The number of carbonyl (C=O) groups excluding carboxylic acids is 1. The molecule has 1 fully saturated rings. The van der Waals surface area contributed by atoms with E-state index < -0.39 is 0 Å². The summed E-state index contributed by atoms with van der Waals surface area (Å²) in [5.74, 6) is -0.0598. The van der Waals surface area contributed by atoms with Crippen LogP contribution in [0.15, 0.2) is 36.4 Å². The first-order chi connectivity index (χ1) is 16.1. The van der Waals surface area contributed by atoms with Crippen molar-refractivity contribution in [1.82, 2.24) is 24.9 Å². The lowest BCUT2D eigenvalue weighted by molar-refractivity contribution is -0.119. The Hall–Kier alpha value is -2.59. The standard InChI is InChI=1S/C23H25ClN6O2S/c1-16-17(24)7-8-20-22(16)25-23(33-20)29(10-4-9-28-11-13-32-14-12-28)21(31)15-30-19-6-3-2-5-18(19)26-27-30/h2-3,5-8H,4,9-15H2,1H3. The fraction of sp³-hybridized carbons (Fsp3) is 0.391. The van der Waals surface area contributed by atoms with Crippen LogP contribution in [0.4, 0.5) is 5.13 Å². The SMILES string of the molecule is Cc1c(Cl)ccc2sc(N(CCCN3CCOCC3)C(=O)Cn3nnc4ccccc43)nc12. The Bertz CT molecular complexity index is 1280. The summed E-state index contributed by atoms with van der Waals surface area (Å²) >= 11 is 7.82. The van der Waals surface area contributed by atoms with E-state index in [1.807, 2.05) is 43.3 Å². The number of amides is 1. The first-order valence-electron chi connectivity index (χ1n) is 11.0. The highest BCUT2D eigenvalue weighted by Gasteiger charge is 2.22. The van der Waals surface area contributed by atoms with E-state index in [2.05, 4.69) is 15.2 Å². The van der Waals surface area contributed by atoms with Gasteiger partial charge in [-0.25, -0.2) is 9.67 Å². The minimum atomic E-state index is -0.0598. The van der Waals surface area contributed by atoms with Gasteiger partial charge >= 0.3 is 0 Å². The van der Waals surface area contributed by atoms with Crippen molar-refractivity contribution >= 4 is 55.2 Å². The lowest BCUT2D eigenvalue weighted by Gasteiger charge is -2.27. The summed E-state index contributed by atoms with van der Waals surface area (Å²) in [4.78, 5) is 22.5. The van der Waals surface area contributed by atoms with Gasteiger partial charge in [-0.1, -0.05) is 40.3 Å². The molecule has 2 aromatic carbocycles. The molecule has 3 heterocycles. The van der Waals surface area contributed by atoms with Crippen LogP contribution in [-0.2, 0) is 16.1 Å². The van der Waals surface area contributed by atoms with Crippen LogP contribution in [-0.4, -0.2) is 70.2 Å². The number of morpholine rings is 1. The largest absolute Gasteiger partial charge is 0.379 e. The molecule has 0 unspecified atom stereocenters. The van der Waals surface area contributed by atoms with Crippen LogP contribution in [0.1, 0.15) is 12.0 Å². The van der Waals surface area contributed by atoms with Crippen molar-refractivity contribution in [2.24, 2.45) is 0 Å². The molecule has 8 nitrogen and oxygen atoms in total. The summed E-state index contributed by atoms with van der Waals surface area (Å²) in [5, 5.41) is 9.74. The minimum absolute atomic E-state index is 0.0598. The molecule has 4 aromatic rings. The van der Waals surface area contributed by atoms with Crippen molar-refractivity contribution in [2.75, 3.05) is 44.3 Å². The Morgan fingerprint density at radius 2 is 2.03 bits per heavy atom. The van der Waals surface area contributed by atoms with Gasteiger partial charge in [0.25, 0.3) is 5.91 Å². The maximum absolute atomic E-state index is 13.5. The topological polar surface area (TPSA) is 76.4 Å². The molecule has 0 aliphatic carbocycles. The van der Waals surface area contributed by atoms with E-state index in [9.17, 15) is 4.79 Å². The van der Waals surface area contributed by atoms with Crippen LogP contribution in [0.5, 0.6) is 0 Å². The number of carbonyl (C=O) groups is 1. The Kier molecular flexibility index (Phi) is 6.55. The summed E-state index contributed by atoms with van der Waals surface area (Å²) in [7, 11) is 0. The molecule has 2 aromatic heterocycles. The third kappa shape index (κ3) is 4.72. The summed E-state index contributed by atoms with van der Waals surface area (Å²) in [5.41, 5.74) is 3.39. The number of anilines is 1. The summed E-state index contributed by atoms with van der Waals surface area (Å²) in [6, 6.07) is 11.5. The van der Waals surface area contributed by atoms with Crippen molar-refractivity contribution < 1.29 is 9.53 Å². The molecule has 1 aliphatic heterocycles. The van der Waals surface area contributed by atoms with Gasteiger partial charge in [0, 0.05) is 31.2 Å². The number of aromatic nitrogens is 4. The maximum atomic E-state index is 13.5. The zero-order chi connectivity index (χ0) is 22.8. The number of hydrogen-bond acceptors (Lipinski definition) is 7. The molecule has 1 saturated heterocycles. The van der Waals surface area contributed by atoms with Gasteiger partial charge < -0.3 is 4.74 Å². The second kappa shape index (κ2) is 9.72. The molecule has 10 heteroatoms. The number of para-hydroxylation sites is 1. The van der Waals surface area contributed by atoms with Crippen molar-refractivity contribution in [3.05, 3.63) is 47.0 Å². The third-order valence-corrected chi connectivity index (χ3v) is 7.39.